The van der Waals surface area contributed by atoms with Gasteiger partial charge in [-0.2, -0.15) is 12.6 Å². The van der Waals surface area contributed by atoms with Crippen molar-refractivity contribution >= 4 is 12.6 Å². The maximum absolute atomic E-state index is 5.01. The Kier molecular flexibility index (Phi) is 4.56. The van der Waals surface area contributed by atoms with Crippen molar-refractivity contribution < 1.29 is 0 Å². The van der Waals surface area contributed by atoms with E-state index in [0.29, 0.717) is 5.25 Å². The molecular weight excluding hydrogens is 274 g/mol. The van der Waals surface area contributed by atoms with Crippen LogP contribution in [0.15, 0.2) is 0 Å². The van der Waals surface area contributed by atoms with Gasteiger partial charge in [-0.05, 0) is 50.0 Å². The molecular formula is C19H33NS. The molecule has 2 heteroatoms. The Morgan fingerprint density at radius 1 is 0.667 bits per heavy atom. The molecule has 0 bridgehead atoms. The first-order valence-corrected chi connectivity index (χ1v) is 10.3. The van der Waals surface area contributed by atoms with Crippen molar-refractivity contribution in [2.24, 2.45) is 17.8 Å². The molecule has 2 aliphatic carbocycles. The Bertz CT molecular complexity index is 357. The third-order valence-corrected chi connectivity index (χ3v) is 7.74. The summed E-state index contributed by atoms with van der Waals surface area (Å²) in [4.78, 5) is 2.96. The second-order valence-electron chi connectivity index (χ2n) is 8.24. The third kappa shape index (κ3) is 2.80. The molecule has 2 aliphatic heterocycles. The van der Waals surface area contributed by atoms with Gasteiger partial charge in [0, 0.05) is 17.3 Å². The molecule has 0 aromatic rings. The molecule has 0 spiro atoms. The predicted octanol–water partition coefficient (Wildman–Crippen LogP) is 4.91. The standard InChI is InChI=1S/C19H33NS/c21-19-17-15-11-7-3-1-2-6-10-14(15)16-12-8-4-5-9-13-20(16)18(17)19/h14-19,21H,1-13H2/t14?,15?,16?,17?,18?,19-/m1/s1. The molecule has 0 aromatic carbocycles. The average Bonchev–Trinajstić information content (AvgIpc) is 3.08. The molecule has 4 rings (SSSR count). The van der Waals surface area contributed by atoms with Crippen LogP contribution in [-0.4, -0.2) is 28.8 Å². The van der Waals surface area contributed by atoms with Gasteiger partial charge in [0.15, 0.2) is 0 Å². The minimum absolute atomic E-state index is 0.711. The molecule has 21 heavy (non-hydrogen) atoms. The monoisotopic (exact) mass is 307 g/mol. The highest BCUT2D eigenvalue weighted by Crippen LogP contribution is 2.57. The Labute approximate surface area is 136 Å². The normalized spacial score (nSPS) is 48.4. The number of piperidine rings is 1. The SMILES string of the molecule is S[C@@H]1C2C3CCCCCCCC3C3CCCCCCN3C21. The van der Waals surface area contributed by atoms with Crippen LogP contribution in [0, 0.1) is 17.8 Å². The van der Waals surface area contributed by atoms with Gasteiger partial charge in [-0.25, -0.2) is 0 Å². The van der Waals surface area contributed by atoms with Gasteiger partial charge in [-0.3, -0.25) is 4.90 Å². The summed E-state index contributed by atoms with van der Waals surface area (Å²) in [6.45, 7) is 1.38. The summed E-state index contributed by atoms with van der Waals surface area (Å²) >= 11 is 5.01. The van der Waals surface area contributed by atoms with Crippen molar-refractivity contribution in [3.05, 3.63) is 0 Å². The summed E-state index contributed by atoms with van der Waals surface area (Å²) in [5, 5.41) is 0.711. The predicted molar refractivity (Wildman–Crippen MR) is 92.9 cm³/mol. The van der Waals surface area contributed by atoms with Gasteiger partial charge in [0.25, 0.3) is 0 Å². The van der Waals surface area contributed by atoms with Crippen molar-refractivity contribution in [2.45, 2.75) is 94.4 Å². The molecule has 2 saturated carbocycles. The minimum Gasteiger partial charge on any atom is -0.296 e. The minimum atomic E-state index is 0.711. The zero-order valence-electron chi connectivity index (χ0n) is 13.6. The summed E-state index contributed by atoms with van der Waals surface area (Å²) < 4.78 is 0. The summed E-state index contributed by atoms with van der Waals surface area (Å²) in [7, 11) is 0. The van der Waals surface area contributed by atoms with Gasteiger partial charge in [0.2, 0.25) is 0 Å². The van der Waals surface area contributed by atoms with Crippen molar-refractivity contribution in [1.82, 2.24) is 4.90 Å². The van der Waals surface area contributed by atoms with E-state index in [9.17, 15) is 0 Å². The van der Waals surface area contributed by atoms with E-state index in [0.717, 1.165) is 29.8 Å². The molecule has 1 nitrogen and oxygen atoms in total. The van der Waals surface area contributed by atoms with Crippen LogP contribution in [0.5, 0.6) is 0 Å². The Balaban J connectivity index is 1.58. The fourth-order valence-corrected chi connectivity index (χ4v) is 6.73. The van der Waals surface area contributed by atoms with Crippen molar-refractivity contribution in [3.63, 3.8) is 0 Å². The third-order valence-electron chi connectivity index (χ3n) is 7.09. The number of thiol groups is 1. The second-order valence-corrected chi connectivity index (χ2v) is 8.84. The zero-order chi connectivity index (χ0) is 14.2. The van der Waals surface area contributed by atoms with Crippen molar-refractivity contribution in [1.29, 1.82) is 0 Å². The van der Waals surface area contributed by atoms with Crippen LogP contribution in [0.3, 0.4) is 0 Å². The van der Waals surface area contributed by atoms with E-state index < -0.39 is 0 Å². The second kappa shape index (κ2) is 6.43. The lowest BCUT2D eigenvalue weighted by Crippen LogP contribution is -2.51. The number of fused-ring (bicyclic) bond motifs is 6. The highest BCUT2D eigenvalue weighted by atomic mass is 32.1. The van der Waals surface area contributed by atoms with Gasteiger partial charge in [0.1, 0.15) is 0 Å². The van der Waals surface area contributed by atoms with Crippen LogP contribution < -0.4 is 0 Å². The quantitative estimate of drug-likeness (QED) is 0.622. The van der Waals surface area contributed by atoms with Gasteiger partial charge >= 0.3 is 0 Å². The van der Waals surface area contributed by atoms with Gasteiger partial charge in [-0.1, -0.05) is 51.4 Å². The van der Waals surface area contributed by atoms with Crippen LogP contribution in [0.25, 0.3) is 0 Å². The van der Waals surface area contributed by atoms with Crippen molar-refractivity contribution in [3.8, 4) is 0 Å². The molecule has 4 fully saturated rings. The first-order chi connectivity index (χ1) is 10.4. The first-order valence-electron chi connectivity index (χ1n) is 9.82. The fraction of sp³-hybridized carbons (Fsp3) is 1.00. The van der Waals surface area contributed by atoms with Gasteiger partial charge < -0.3 is 0 Å². The van der Waals surface area contributed by atoms with E-state index in [1.165, 1.54) is 83.6 Å². The number of rotatable bonds is 0. The molecule has 2 heterocycles. The molecule has 5 unspecified atom stereocenters. The molecule has 0 amide bonds. The maximum Gasteiger partial charge on any atom is 0.0260 e. The summed E-state index contributed by atoms with van der Waals surface area (Å²) in [5.41, 5.74) is 0. The topological polar surface area (TPSA) is 3.24 Å². The molecule has 0 aromatic heterocycles. The van der Waals surface area contributed by atoms with E-state index in [2.05, 4.69) is 4.90 Å². The highest BCUT2D eigenvalue weighted by Gasteiger charge is 2.62. The van der Waals surface area contributed by atoms with E-state index in [1.54, 1.807) is 0 Å². The maximum atomic E-state index is 5.01. The summed E-state index contributed by atoms with van der Waals surface area (Å²) in [5.74, 6) is 2.99. The molecule has 0 N–H and O–H groups in total. The lowest BCUT2D eigenvalue weighted by Gasteiger charge is -2.46. The summed E-state index contributed by atoms with van der Waals surface area (Å²) in [6.07, 6.45) is 17.9. The highest BCUT2D eigenvalue weighted by molar-refractivity contribution is 7.81. The Morgan fingerprint density at radius 2 is 1.29 bits per heavy atom. The largest absolute Gasteiger partial charge is 0.296 e. The van der Waals surface area contributed by atoms with Crippen LogP contribution >= 0.6 is 12.6 Å². The van der Waals surface area contributed by atoms with E-state index >= 15 is 0 Å². The zero-order valence-corrected chi connectivity index (χ0v) is 14.4. The lowest BCUT2D eigenvalue weighted by atomic mass is 9.72. The molecule has 0 radical (unpaired) electrons. The van der Waals surface area contributed by atoms with Crippen LogP contribution in [-0.2, 0) is 0 Å². The van der Waals surface area contributed by atoms with E-state index in [4.69, 9.17) is 12.6 Å². The van der Waals surface area contributed by atoms with Gasteiger partial charge in [0.05, 0.1) is 0 Å². The average molecular weight is 308 g/mol. The van der Waals surface area contributed by atoms with Crippen molar-refractivity contribution in [2.75, 3.05) is 6.54 Å². The molecule has 120 valence electrons. The molecule has 4 aliphatic rings. The van der Waals surface area contributed by atoms with Crippen LogP contribution in [0.4, 0.5) is 0 Å². The molecule has 2 saturated heterocycles. The van der Waals surface area contributed by atoms with Crippen LogP contribution in [0.2, 0.25) is 0 Å². The summed E-state index contributed by atoms with van der Waals surface area (Å²) in [6, 6.07) is 1.78. The molecule has 6 atom stereocenters. The number of hydrogen-bond donors (Lipinski definition) is 1. The Hall–Kier alpha value is 0.310. The van der Waals surface area contributed by atoms with Gasteiger partial charge in [-0.15, -0.1) is 0 Å². The fourth-order valence-electron chi connectivity index (χ4n) is 6.06. The smallest absolute Gasteiger partial charge is 0.0260 e. The Morgan fingerprint density at radius 3 is 2.10 bits per heavy atom. The van der Waals surface area contributed by atoms with Crippen LogP contribution in [0.1, 0.15) is 77.0 Å². The lowest BCUT2D eigenvalue weighted by molar-refractivity contribution is 0.0202. The van der Waals surface area contributed by atoms with E-state index in [-0.39, 0.29) is 0 Å². The first kappa shape index (κ1) is 14.9. The van der Waals surface area contributed by atoms with E-state index in [1.807, 2.05) is 0 Å². The number of hydrogen-bond acceptors (Lipinski definition) is 2. The number of nitrogens with zero attached hydrogens (tertiary/aromatic N) is 1.